The molecule has 0 aromatic carbocycles. The van der Waals surface area contributed by atoms with E-state index in [0.717, 1.165) is 26.2 Å². The van der Waals surface area contributed by atoms with Crippen molar-refractivity contribution >= 4 is 5.91 Å². The number of imidazole rings is 1. The minimum atomic E-state index is -0.0790. The van der Waals surface area contributed by atoms with Crippen molar-refractivity contribution in [1.29, 1.82) is 0 Å². The van der Waals surface area contributed by atoms with E-state index in [2.05, 4.69) is 27.1 Å². The van der Waals surface area contributed by atoms with Crippen LogP contribution in [0, 0.1) is 0 Å². The van der Waals surface area contributed by atoms with Gasteiger partial charge in [-0.3, -0.25) is 9.69 Å². The number of nitrogens with zero attached hydrogens (tertiary/aromatic N) is 4. The van der Waals surface area contributed by atoms with Gasteiger partial charge in [-0.2, -0.15) is 0 Å². The smallest absolute Gasteiger partial charge is 0.269 e. The summed E-state index contributed by atoms with van der Waals surface area (Å²) in [5, 5.41) is 3.10. The highest BCUT2D eigenvalue weighted by Crippen LogP contribution is 2.16. The summed E-state index contributed by atoms with van der Waals surface area (Å²) in [5.41, 5.74) is 0.582. The van der Waals surface area contributed by atoms with Gasteiger partial charge >= 0.3 is 0 Å². The normalized spacial score (nSPS) is 27.9. The number of carbonyl (C=O) groups is 1. The minimum Gasteiger partial charge on any atom is -0.378 e. The van der Waals surface area contributed by atoms with Crippen LogP contribution in [-0.2, 0) is 11.8 Å². The third kappa shape index (κ3) is 3.09. The average molecular weight is 293 g/mol. The van der Waals surface area contributed by atoms with Crippen molar-refractivity contribution in [2.24, 2.45) is 7.05 Å². The molecule has 0 radical (unpaired) electrons. The van der Waals surface area contributed by atoms with Crippen LogP contribution >= 0.6 is 0 Å². The van der Waals surface area contributed by atoms with E-state index in [-0.39, 0.29) is 18.0 Å². The fourth-order valence-electron chi connectivity index (χ4n) is 3.01. The Morgan fingerprint density at radius 1 is 1.29 bits per heavy atom. The van der Waals surface area contributed by atoms with Crippen LogP contribution in [-0.4, -0.2) is 83.8 Å². The molecule has 2 aliphatic heterocycles. The van der Waals surface area contributed by atoms with Gasteiger partial charge in [-0.15, -0.1) is 0 Å². The number of hydrogen-bond acceptors (Lipinski definition) is 5. The first-order valence-electron chi connectivity index (χ1n) is 7.42. The number of carbonyl (C=O) groups excluding carboxylic acids is 1. The summed E-state index contributed by atoms with van der Waals surface area (Å²) in [6, 6.07) is 0.326. The van der Waals surface area contributed by atoms with E-state index in [4.69, 9.17) is 4.74 Å². The van der Waals surface area contributed by atoms with Crippen LogP contribution in [0.25, 0.3) is 0 Å². The number of amides is 1. The largest absolute Gasteiger partial charge is 0.378 e. The third-order valence-corrected chi connectivity index (χ3v) is 4.42. The molecule has 2 fully saturated rings. The zero-order valence-corrected chi connectivity index (χ0v) is 12.7. The van der Waals surface area contributed by atoms with E-state index in [1.54, 1.807) is 17.1 Å². The summed E-state index contributed by atoms with van der Waals surface area (Å²) in [7, 11) is 3.97. The Kier molecular flexibility index (Phi) is 4.23. The summed E-state index contributed by atoms with van der Waals surface area (Å²) in [5.74, 6) is -0.0790. The maximum atomic E-state index is 12.3. The molecule has 2 atom stereocenters. The van der Waals surface area contributed by atoms with Gasteiger partial charge in [0, 0.05) is 33.2 Å². The van der Waals surface area contributed by atoms with Gasteiger partial charge in [0.1, 0.15) is 5.69 Å². The van der Waals surface area contributed by atoms with Crippen molar-refractivity contribution in [3.8, 4) is 0 Å². The number of aryl methyl sites for hydroxylation is 1. The summed E-state index contributed by atoms with van der Waals surface area (Å²) in [4.78, 5) is 21.1. The van der Waals surface area contributed by atoms with Crippen LogP contribution in [0.2, 0.25) is 0 Å². The van der Waals surface area contributed by atoms with Gasteiger partial charge in [-0.1, -0.05) is 0 Å². The Bertz CT molecular complexity index is 495. The molecule has 2 saturated heterocycles. The lowest BCUT2D eigenvalue weighted by Crippen LogP contribution is -2.56. The molecule has 0 bridgehead atoms. The highest BCUT2D eigenvalue weighted by molar-refractivity contribution is 5.92. The molecule has 2 aliphatic rings. The number of nitrogens with one attached hydrogen (secondary N) is 1. The molecule has 3 rings (SSSR count). The summed E-state index contributed by atoms with van der Waals surface area (Å²) in [6.45, 7) is 5.48. The number of piperazine rings is 1. The lowest BCUT2D eigenvalue weighted by molar-refractivity contribution is 0.0824. The highest BCUT2D eigenvalue weighted by atomic mass is 16.5. The fourth-order valence-corrected chi connectivity index (χ4v) is 3.01. The van der Waals surface area contributed by atoms with Gasteiger partial charge in [-0.05, 0) is 7.05 Å². The number of likely N-dealkylation sites (N-methyl/N-ethyl adjacent to an activating group) is 1. The van der Waals surface area contributed by atoms with Crippen molar-refractivity contribution < 1.29 is 9.53 Å². The Labute approximate surface area is 124 Å². The van der Waals surface area contributed by atoms with Crippen LogP contribution in [0.1, 0.15) is 10.5 Å². The Morgan fingerprint density at radius 2 is 2.05 bits per heavy atom. The monoisotopic (exact) mass is 293 g/mol. The van der Waals surface area contributed by atoms with Crippen molar-refractivity contribution in [3.05, 3.63) is 18.2 Å². The van der Waals surface area contributed by atoms with Crippen molar-refractivity contribution in [1.82, 2.24) is 24.7 Å². The molecular weight excluding hydrogens is 270 g/mol. The van der Waals surface area contributed by atoms with Gasteiger partial charge < -0.3 is 19.5 Å². The first kappa shape index (κ1) is 14.5. The molecule has 0 saturated carbocycles. The zero-order valence-electron chi connectivity index (χ0n) is 12.7. The third-order valence-electron chi connectivity index (χ3n) is 4.42. The molecule has 21 heavy (non-hydrogen) atoms. The molecule has 116 valence electrons. The van der Waals surface area contributed by atoms with Gasteiger partial charge in [0.05, 0.1) is 37.8 Å². The molecular formula is C14H23N5O2. The van der Waals surface area contributed by atoms with Crippen molar-refractivity contribution in [3.63, 3.8) is 0 Å². The van der Waals surface area contributed by atoms with Crippen LogP contribution < -0.4 is 5.32 Å². The molecule has 1 aromatic rings. The van der Waals surface area contributed by atoms with E-state index in [1.807, 2.05) is 7.05 Å². The molecule has 7 nitrogen and oxygen atoms in total. The van der Waals surface area contributed by atoms with E-state index >= 15 is 0 Å². The zero-order chi connectivity index (χ0) is 14.8. The number of aromatic nitrogens is 2. The standard InChI is InChI=1S/C14H23N5O2/c1-17-3-5-19(6-4-17)13-9-21-8-11(13)16-14(20)12-7-15-10-18(12)2/h7,10-11,13H,3-6,8-9H2,1-2H3,(H,16,20)/t11-,13-/m0/s1. The molecule has 0 spiro atoms. The van der Waals surface area contributed by atoms with E-state index in [9.17, 15) is 4.79 Å². The fraction of sp³-hybridized carbons (Fsp3) is 0.714. The maximum absolute atomic E-state index is 12.3. The van der Waals surface area contributed by atoms with E-state index in [0.29, 0.717) is 18.9 Å². The molecule has 0 aliphatic carbocycles. The second-order valence-electron chi connectivity index (χ2n) is 5.91. The first-order chi connectivity index (χ1) is 10.1. The topological polar surface area (TPSA) is 62.6 Å². The molecule has 1 N–H and O–H groups in total. The van der Waals surface area contributed by atoms with Gasteiger partial charge in [0.25, 0.3) is 5.91 Å². The van der Waals surface area contributed by atoms with Crippen molar-refractivity contribution in [2.75, 3.05) is 46.4 Å². The quantitative estimate of drug-likeness (QED) is 0.788. The maximum Gasteiger partial charge on any atom is 0.269 e. The SMILES string of the molecule is CN1CCN([C@H]2COC[C@@H]2NC(=O)c2cncn2C)CC1. The Hall–Kier alpha value is -1.44. The van der Waals surface area contributed by atoms with E-state index in [1.165, 1.54) is 0 Å². The molecule has 3 heterocycles. The van der Waals surface area contributed by atoms with E-state index < -0.39 is 0 Å². The second kappa shape index (κ2) is 6.13. The first-order valence-corrected chi connectivity index (χ1v) is 7.42. The average Bonchev–Trinajstić information content (AvgIpc) is 3.09. The Balaban J connectivity index is 1.62. The molecule has 1 amide bonds. The number of rotatable bonds is 3. The van der Waals surface area contributed by atoms with Gasteiger partial charge in [0.15, 0.2) is 0 Å². The van der Waals surface area contributed by atoms with Crippen LogP contribution in [0.5, 0.6) is 0 Å². The molecule has 7 heteroatoms. The molecule has 1 aromatic heterocycles. The van der Waals surface area contributed by atoms with Crippen LogP contribution in [0.4, 0.5) is 0 Å². The number of hydrogen-bond donors (Lipinski definition) is 1. The minimum absolute atomic E-state index is 0.0517. The summed E-state index contributed by atoms with van der Waals surface area (Å²) in [6.07, 6.45) is 3.23. The van der Waals surface area contributed by atoms with Gasteiger partial charge in [0.2, 0.25) is 0 Å². The molecule has 0 unspecified atom stereocenters. The summed E-state index contributed by atoms with van der Waals surface area (Å²) >= 11 is 0. The van der Waals surface area contributed by atoms with Crippen molar-refractivity contribution in [2.45, 2.75) is 12.1 Å². The second-order valence-corrected chi connectivity index (χ2v) is 5.91. The van der Waals surface area contributed by atoms with Crippen LogP contribution in [0.3, 0.4) is 0 Å². The lowest BCUT2D eigenvalue weighted by atomic mass is 10.1. The summed E-state index contributed by atoms with van der Waals surface area (Å²) < 4.78 is 7.34. The predicted octanol–water partition coefficient (Wildman–Crippen LogP) is -0.835. The highest BCUT2D eigenvalue weighted by Gasteiger charge is 2.35. The van der Waals surface area contributed by atoms with Gasteiger partial charge in [-0.25, -0.2) is 4.98 Å². The Morgan fingerprint density at radius 3 is 2.71 bits per heavy atom. The lowest BCUT2D eigenvalue weighted by Gasteiger charge is -2.38. The van der Waals surface area contributed by atoms with Crippen LogP contribution in [0.15, 0.2) is 12.5 Å². The predicted molar refractivity (Wildman–Crippen MR) is 78.1 cm³/mol. The number of ether oxygens (including phenoxy) is 1.